The quantitative estimate of drug-likeness (QED) is 0.620. The van der Waals surface area contributed by atoms with Gasteiger partial charge in [-0.3, -0.25) is 9.59 Å². The molecule has 1 unspecified atom stereocenters. The van der Waals surface area contributed by atoms with Gasteiger partial charge in [0.05, 0.1) is 4.90 Å². The number of carbonyl (C=O) groups is 2. The average molecular weight is 462 g/mol. The number of hydrogen-bond donors (Lipinski definition) is 2. The number of hydrogen-bond acceptors (Lipinski definition) is 4. The van der Waals surface area contributed by atoms with E-state index in [1.807, 2.05) is 6.92 Å². The zero-order chi connectivity index (χ0) is 23.1. The van der Waals surface area contributed by atoms with Crippen molar-refractivity contribution >= 4 is 21.8 Å². The molecule has 3 rings (SSSR count). The van der Waals surface area contributed by atoms with E-state index in [2.05, 4.69) is 10.6 Å². The molecule has 1 aliphatic heterocycles. The maximum absolute atomic E-state index is 13.1. The van der Waals surface area contributed by atoms with Gasteiger partial charge in [-0.1, -0.05) is 36.2 Å². The molecular weight excluding hydrogens is 433 g/mol. The highest BCUT2D eigenvalue weighted by molar-refractivity contribution is 7.89. The van der Waals surface area contributed by atoms with Gasteiger partial charge in [-0.2, -0.15) is 4.31 Å². The number of carbonyl (C=O) groups excluding carboxylic acids is 2. The molecule has 1 fully saturated rings. The number of aryl methyl sites for hydroxylation is 1. The summed E-state index contributed by atoms with van der Waals surface area (Å²) < 4.78 is 40.7. The van der Waals surface area contributed by atoms with E-state index in [-0.39, 0.29) is 29.8 Å². The smallest absolute Gasteiger partial charge is 0.309 e. The molecule has 32 heavy (non-hydrogen) atoms. The summed E-state index contributed by atoms with van der Waals surface area (Å²) in [5.41, 5.74) is 1.66. The molecule has 1 heterocycles. The van der Waals surface area contributed by atoms with E-state index in [1.165, 1.54) is 28.6 Å². The Hall–Kier alpha value is -2.78. The largest absolute Gasteiger partial charge is 0.348 e. The van der Waals surface area contributed by atoms with Gasteiger partial charge in [0.1, 0.15) is 5.82 Å². The third-order valence-electron chi connectivity index (χ3n) is 5.54. The second-order valence-electron chi connectivity index (χ2n) is 7.93. The van der Waals surface area contributed by atoms with Crippen LogP contribution in [0.1, 0.15) is 36.8 Å². The van der Waals surface area contributed by atoms with Crippen molar-refractivity contribution in [1.29, 1.82) is 0 Å². The number of sulfonamides is 1. The van der Waals surface area contributed by atoms with Gasteiger partial charge in [0.25, 0.3) is 0 Å². The summed E-state index contributed by atoms with van der Waals surface area (Å²) >= 11 is 0. The van der Waals surface area contributed by atoms with Gasteiger partial charge in [-0.25, -0.2) is 12.8 Å². The maximum atomic E-state index is 13.1. The fraction of sp³-hybridized carbons (Fsp3) is 0.391. The molecular formula is C23H28FN3O4S. The Morgan fingerprint density at radius 2 is 1.66 bits per heavy atom. The van der Waals surface area contributed by atoms with Gasteiger partial charge in [0.15, 0.2) is 0 Å². The van der Waals surface area contributed by atoms with Crippen molar-refractivity contribution in [3.05, 3.63) is 65.5 Å². The first kappa shape index (κ1) is 23.9. The lowest BCUT2D eigenvalue weighted by atomic mass is 10.0. The first-order chi connectivity index (χ1) is 15.3. The van der Waals surface area contributed by atoms with Crippen LogP contribution in [0.3, 0.4) is 0 Å². The van der Waals surface area contributed by atoms with Crippen LogP contribution in [0.2, 0.25) is 0 Å². The van der Waals surface area contributed by atoms with Gasteiger partial charge in [-0.05, 0) is 56.0 Å². The minimum Gasteiger partial charge on any atom is -0.348 e. The Morgan fingerprint density at radius 3 is 2.34 bits per heavy atom. The molecule has 0 spiro atoms. The summed E-state index contributed by atoms with van der Waals surface area (Å²) in [6.45, 7) is 2.64. The standard InChI is InChI=1S/C23H28FN3O4S/c1-17-5-11-21(12-6-17)32(30,31)27-15-3-2-4-20(27)13-14-25-22(28)23(29)26-16-18-7-9-19(24)10-8-18/h5-12,20H,2-4,13-16H2,1H3,(H,25,28)(H,26,29). The third-order valence-corrected chi connectivity index (χ3v) is 7.50. The molecule has 0 aliphatic carbocycles. The van der Waals surface area contributed by atoms with Crippen LogP contribution in [0.5, 0.6) is 0 Å². The molecule has 0 radical (unpaired) electrons. The van der Waals surface area contributed by atoms with E-state index >= 15 is 0 Å². The van der Waals surface area contributed by atoms with Crippen molar-refractivity contribution in [2.45, 2.75) is 50.1 Å². The van der Waals surface area contributed by atoms with Crippen LogP contribution in [-0.2, 0) is 26.2 Å². The summed E-state index contributed by atoms with van der Waals surface area (Å²) in [4.78, 5) is 24.3. The first-order valence-corrected chi connectivity index (χ1v) is 12.1. The third kappa shape index (κ3) is 6.14. The molecule has 1 saturated heterocycles. The SMILES string of the molecule is Cc1ccc(S(=O)(=O)N2CCCCC2CCNC(=O)C(=O)NCc2ccc(F)cc2)cc1. The van der Waals surface area contributed by atoms with E-state index in [0.717, 1.165) is 18.4 Å². The van der Waals surface area contributed by atoms with Crippen LogP contribution < -0.4 is 10.6 Å². The molecule has 7 nitrogen and oxygen atoms in total. The summed E-state index contributed by atoms with van der Waals surface area (Å²) in [7, 11) is -3.62. The molecule has 2 amide bonds. The lowest BCUT2D eigenvalue weighted by Crippen LogP contribution is -2.46. The minimum absolute atomic E-state index is 0.109. The zero-order valence-electron chi connectivity index (χ0n) is 18.0. The molecule has 2 aromatic rings. The summed E-state index contributed by atoms with van der Waals surface area (Å²) in [6, 6.07) is 12.2. The summed E-state index contributed by atoms with van der Waals surface area (Å²) in [6.07, 6.45) is 2.83. The van der Waals surface area contributed by atoms with Crippen molar-refractivity contribution in [2.24, 2.45) is 0 Å². The number of nitrogens with zero attached hydrogens (tertiary/aromatic N) is 1. The fourth-order valence-electron chi connectivity index (χ4n) is 3.72. The Morgan fingerprint density at radius 1 is 1.00 bits per heavy atom. The van der Waals surface area contributed by atoms with Gasteiger partial charge in [0.2, 0.25) is 10.0 Å². The van der Waals surface area contributed by atoms with Crippen LogP contribution >= 0.6 is 0 Å². The zero-order valence-corrected chi connectivity index (χ0v) is 18.8. The van der Waals surface area contributed by atoms with Gasteiger partial charge in [0, 0.05) is 25.7 Å². The van der Waals surface area contributed by atoms with E-state index in [0.29, 0.717) is 24.9 Å². The van der Waals surface area contributed by atoms with Crippen molar-refractivity contribution in [3.63, 3.8) is 0 Å². The number of piperidine rings is 1. The summed E-state index contributed by atoms with van der Waals surface area (Å²) in [5.74, 6) is -1.95. The highest BCUT2D eigenvalue weighted by Crippen LogP contribution is 2.27. The molecule has 172 valence electrons. The predicted octanol–water partition coefficient (Wildman–Crippen LogP) is 2.50. The number of halogens is 1. The Labute approximate surface area is 188 Å². The molecule has 2 aromatic carbocycles. The van der Waals surface area contributed by atoms with Crippen LogP contribution in [0, 0.1) is 12.7 Å². The molecule has 1 atom stereocenters. The number of rotatable bonds is 7. The van der Waals surface area contributed by atoms with Gasteiger partial charge >= 0.3 is 11.8 Å². The monoisotopic (exact) mass is 461 g/mol. The molecule has 9 heteroatoms. The number of benzene rings is 2. The second-order valence-corrected chi connectivity index (χ2v) is 9.82. The average Bonchev–Trinajstić information content (AvgIpc) is 2.79. The fourth-order valence-corrected chi connectivity index (χ4v) is 5.45. The van der Waals surface area contributed by atoms with E-state index in [9.17, 15) is 22.4 Å². The first-order valence-electron chi connectivity index (χ1n) is 10.7. The van der Waals surface area contributed by atoms with Crippen LogP contribution in [0.15, 0.2) is 53.4 Å². The van der Waals surface area contributed by atoms with E-state index < -0.39 is 21.8 Å². The number of nitrogens with one attached hydrogen (secondary N) is 2. The van der Waals surface area contributed by atoms with Crippen LogP contribution in [-0.4, -0.2) is 43.7 Å². The Kier molecular flexibility index (Phi) is 7.98. The van der Waals surface area contributed by atoms with Gasteiger partial charge in [-0.15, -0.1) is 0 Å². The predicted molar refractivity (Wildman–Crippen MR) is 119 cm³/mol. The van der Waals surface area contributed by atoms with Gasteiger partial charge < -0.3 is 10.6 Å². The summed E-state index contributed by atoms with van der Waals surface area (Å²) in [5, 5.41) is 5.05. The van der Waals surface area contributed by atoms with Crippen LogP contribution in [0.4, 0.5) is 4.39 Å². The van der Waals surface area contributed by atoms with E-state index in [1.54, 1.807) is 24.3 Å². The molecule has 1 aliphatic rings. The Balaban J connectivity index is 1.51. The highest BCUT2D eigenvalue weighted by atomic mass is 32.2. The van der Waals surface area contributed by atoms with Crippen LogP contribution in [0.25, 0.3) is 0 Å². The number of amides is 2. The second kappa shape index (κ2) is 10.7. The van der Waals surface area contributed by atoms with Crippen molar-refractivity contribution in [2.75, 3.05) is 13.1 Å². The molecule has 0 saturated carbocycles. The Bertz CT molecular complexity index is 1040. The normalized spacial score (nSPS) is 17.0. The van der Waals surface area contributed by atoms with Crippen molar-refractivity contribution < 1.29 is 22.4 Å². The maximum Gasteiger partial charge on any atom is 0.309 e. The topological polar surface area (TPSA) is 95.6 Å². The molecule has 0 bridgehead atoms. The molecule has 0 aromatic heterocycles. The van der Waals surface area contributed by atoms with E-state index in [4.69, 9.17) is 0 Å². The van der Waals surface area contributed by atoms with Crippen molar-refractivity contribution in [1.82, 2.24) is 14.9 Å². The van der Waals surface area contributed by atoms with Crippen molar-refractivity contribution in [3.8, 4) is 0 Å². The molecule has 2 N–H and O–H groups in total. The minimum atomic E-state index is -3.62. The highest BCUT2D eigenvalue weighted by Gasteiger charge is 2.33. The lowest BCUT2D eigenvalue weighted by molar-refractivity contribution is -0.139. The lowest BCUT2D eigenvalue weighted by Gasteiger charge is -2.34.